The normalized spacial score (nSPS) is 26.2. The molecule has 23 heavy (non-hydrogen) atoms. The molecule has 2 aliphatic rings. The van der Waals surface area contributed by atoms with E-state index in [1.54, 1.807) is 0 Å². The minimum absolute atomic E-state index is 0.353. The van der Waals surface area contributed by atoms with E-state index in [1.807, 2.05) is 6.20 Å². The first-order chi connectivity index (χ1) is 11.1. The summed E-state index contributed by atoms with van der Waals surface area (Å²) < 4.78 is 2.23. The van der Waals surface area contributed by atoms with Crippen LogP contribution in [0.2, 0.25) is 0 Å². The molecule has 1 unspecified atom stereocenters. The van der Waals surface area contributed by atoms with Gasteiger partial charge in [0.15, 0.2) is 0 Å². The monoisotopic (exact) mass is 318 g/mol. The van der Waals surface area contributed by atoms with Gasteiger partial charge in [-0.05, 0) is 52.6 Å². The molecule has 0 N–H and O–H groups in total. The Morgan fingerprint density at radius 1 is 1.26 bits per heavy atom. The van der Waals surface area contributed by atoms with Gasteiger partial charge in [-0.2, -0.15) is 0 Å². The topological polar surface area (TPSA) is 41.4 Å². The molecule has 3 rings (SSSR count). The molecule has 1 atom stereocenters. The Hall–Kier alpha value is -1.36. The Kier molecular flexibility index (Phi) is 5.05. The number of rotatable bonds is 5. The van der Waals surface area contributed by atoms with Crippen molar-refractivity contribution in [3.05, 3.63) is 18.2 Å². The van der Waals surface area contributed by atoms with Crippen LogP contribution >= 0.6 is 0 Å². The summed E-state index contributed by atoms with van der Waals surface area (Å²) in [4.78, 5) is 21.0. The van der Waals surface area contributed by atoms with Gasteiger partial charge in [0.1, 0.15) is 5.82 Å². The standard InChI is InChI=1S/C18H30N4O/c1-3-21-15-18(8-6-17(21)23)7-4-10-20(14-18)11-5-12-22-13-9-19-16(22)2/h9,13H,3-8,10-12,14-15H2,1-2H3. The van der Waals surface area contributed by atoms with Crippen molar-refractivity contribution in [2.45, 2.75) is 52.5 Å². The van der Waals surface area contributed by atoms with E-state index >= 15 is 0 Å². The van der Waals surface area contributed by atoms with Crippen molar-refractivity contribution in [1.29, 1.82) is 0 Å². The maximum absolute atomic E-state index is 12.0. The predicted octanol–water partition coefficient (Wildman–Crippen LogP) is 2.31. The van der Waals surface area contributed by atoms with Gasteiger partial charge in [0.2, 0.25) is 5.91 Å². The number of carbonyl (C=O) groups excluding carboxylic acids is 1. The van der Waals surface area contributed by atoms with Crippen LogP contribution in [0.4, 0.5) is 0 Å². The highest BCUT2D eigenvalue weighted by Crippen LogP contribution is 2.38. The third-order valence-corrected chi connectivity index (χ3v) is 5.67. The zero-order valence-corrected chi connectivity index (χ0v) is 14.6. The van der Waals surface area contributed by atoms with Gasteiger partial charge in [0.25, 0.3) is 0 Å². The Morgan fingerprint density at radius 2 is 2.13 bits per heavy atom. The summed E-state index contributed by atoms with van der Waals surface area (Å²) in [7, 11) is 0. The fourth-order valence-corrected chi connectivity index (χ4v) is 4.33. The number of aromatic nitrogens is 2. The maximum atomic E-state index is 12.0. The molecule has 0 aromatic carbocycles. The summed E-state index contributed by atoms with van der Waals surface area (Å²) in [6, 6.07) is 0. The van der Waals surface area contributed by atoms with Crippen LogP contribution in [0.3, 0.4) is 0 Å². The van der Waals surface area contributed by atoms with Gasteiger partial charge in [0.05, 0.1) is 0 Å². The number of nitrogens with zero attached hydrogens (tertiary/aromatic N) is 4. The van der Waals surface area contributed by atoms with Crippen LogP contribution in [0.25, 0.3) is 0 Å². The third kappa shape index (κ3) is 3.77. The molecule has 0 aliphatic carbocycles. The second-order valence-electron chi connectivity index (χ2n) is 7.31. The van der Waals surface area contributed by atoms with E-state index in [0.29, 0.717) is 11.3 Å². The molecule has 1 spiro atoms. The first-order valence-corrected chi connectivity index (χ1v) is 9.10. The first kappa shape index (κ1) is 16.5. The summed E-state index contributed by atoms with van der Waals surface area (Å²) >= 11 is 0. The molecule has 0 radical (unpaired) electrons. The van der Waals surface area contributed by atoms with E-state index in [9.17, 15) is 4.79 Å². The third-order valence-electron chi connectivity index (χ3n) is 5.67. The summed E-state index contributed by atoms with van der Waals surface area (Å²) in [5.74, 6) is 1.45. The van der Waals surface area contributed by atoms with Crippen LogP contribution in [0.1, 0.15) is 44.9 Å². The highest BCUT2D eigenvalue weighted by molar-refractivity contribution is 5.77. The van der Waals surface area contributed by atoms with Crippen molar-refractivity contribution in [3.63, 3.8) is 0 Å². The summed E-state index contributed by atoms with van der Waals surface area (Å²) in [5.41, 5.74) is 0.354. The molecule has 1 aromatic heterocycles. The Morgan fingerprint density at radius 3 is 2.87 bits per heavy atom. The van der Waals surface area contributed by atoms with Crippen LogP contribution in [0.15, 0.2) is 12.4 Å². The molecule has 5 nitrogen and oxygen atoms in total. The van der Waals surface area contributed by atoms with Gasteiger partial charge in [0, 0.05) is 50.4 Å². The smallest absolute Gasteiger partial charge is 0.222 e. The summed E-state index contributed by atoms with van der Waals surface area (Å²) in [5, 5.41) is 0. The van der Waals surface area contributed by atoms with Crippen LogP contribution in [-0.4, -0.2) is 58.0 Å². The van der Waals surface area contributed by atoms with E-state index in [1.165, 1.54) is 32.4 Å². The molecule has 3 heterocycles. The number of piperidine rings is 2. The number of likely N-dealkylation sites (tertiary alicyclic amines) is 2. The minimum Gasteiger partial charge on any atom is -0.342 e. The van der Waals surface area contributed by atoms with Crippen molar-refractivity contribution in [2.24, 2.45) is 5.41 Å². The first-order valence-electron chi connectivity index (χ1n) is 9.10. The fourth-order valence-electron chi connectivity index (χ4n) is 4.33. The van der Waals surface area contributed by atoms with E-state index in [0.717, 1.165) is 44.8 Å². The molecular formula is C18H30N4O. The summed E-state index contributed by atoms with van der Waals surface area (Å²) in [6.07, 6.45) is 9.51. The zero-order valence-electron chi connectivity index (χ0n) is 14.6. The van der Waals surface area contributed by atoms with Crippen molar-refractivity contribution in [3.8, 4) is 0 Å². The molecule has 1 aromatic rings. The lowest BCUT2D eigenvalue weighted by Gasteiger charge is -2.48. The largest absolute Gasteiger partial charge is 0.342 e. The number of imidazole rings is 1. The van der Waals surface area contributed by atoms with Crippen molar-refractivity contribution in [1.82, 2.24) is 19.4 Å². The summed E-state index contributed by atoms with van der Waals surface area (Å²) in [6.45, 7) is 10.6. The quantitative estimate of drug-likeness (QED) is 0.836. The van der Waals surface area contributed by atoms with Gasteiger partial charge in [-0.15, -0.1) is 0 Å². The number of hydrogen-bond donors (Lipinski definition) is 0. The number of aryl methyl sites for hydroxylation is 2. The van der Waals surface area contributed by atoms with E-state index < -0.39 is 0 Å². The number of carbonyl (C=O) groups is 1. The molecule has 0 saturated carbocycles. The lowest BCUT2D eigenvalue weighted by molar-refractivity contribution is -0.139. The molecule has 0 bridgehead atoms. The molecule has 2 aliphatic heterocycles. The average molecular weight is 318 g/mol. The molecule has 128 valence electrons. The van der Waals surface area contributed by atoms with Gasteiger partial charge >= 0.3 is 0 Å². The van der Waals surface area contributed by atoms with Gasteiger partial charge < -0.3 is 14.4 Å². The van der Waals surface area contributed by atoms with Crippen LogP contribution in [-0.2, 0) is 11.3 Å². The number of amides is 1. The van der Waals surface area contributed by atoms with Crippen LogP contribution in [0, 0.1) is 12.3 Å². The lowest BCUT2D eigenvalue weighted by atomic mass is 9.73. The fraction of sp³-hybridized carbons (Fsp3) is 0.778. The highest BCUT2D eigenvalue weighted by atomic mass is 16.2. The maximum Gasteiger partial charge on any atom is 0.222 e. The number of hydrogen-bond acceptors (Lipinski definition) is 3. The molecule has 2 fully saturated rings. The second-order valence-corrected chi connectivity index (χ2v) is 7.31. The van der Waals surface area contributed by atoms with Gasteiger partial charge in [-0.1, -0.05) is 0 Å². The second kappa shape index (κ2) is 7.04. The van der Waals surface area contributed by atoms with E-state index in [2.05, 4.69) is 39.4 Å². The van der Waals surface area contributed by atoms with Gasteiger partial charge in [-0.3, -0.25) is 4.79 Å². The predicted molar refractivity (Wildman–Crippen MR) is 91.2 cm³/mol. The van der Waals surface area contributed by atoms with Crippen molar-refractivity contribution >= 4 is 5.91 Å². The van der Waals surface area contributed by atoms with Crippen molar-refractivity contribution in [2.75, 3.05) is 32.7 Å². The van der Waals surface area contributed by atoms with Crippen LogP contribution < -0.4 is 0 Å². The highest BCUT2D eigenvalue weighted by Gasteiger charge is 2.40. The SMILES string of the molecule is CCN1CC2(CCCN(CCCn3ccnc3C)C2)CCC1=O. The minimum atomic E-state index is 0.353. The van der Waals surface area contributed by atoms with Crippen LogP contribution in [0.5, 0.6) is 0 Å². The lowest BCUT2D eigenvalue weighted by Crippen LogP contribution is -2.54. The van der Waals surface area contributed by atoms with Gasteiger partial charge in [-0.25, -0.2) is 4.98 Å². The molecular weight excluding hydrogens is 288 g/mol. The molecule has 5 heteroatoms. The van der Waals surface area contributed by atoms with Crippen molar-refractivity contribution < 1.29 is 4.79 Å². The zero-order chi connectivity index (χ0) is 16.3. The van der Waals surface area contributed by atoms with E-state index in [-0.39, 0.29) is 0 Å². The van der Waals surface area contributed by atoms with E-state index in [4.69, 9.17) is 0 Å². The Balaban J connectivity index is 1.52. The Labute approximate surface area is 139 Å². The molecule has 2 saturated heterocycles. The Bertz CT molecular complexity index is 541. The average Bonchev–Trinajstić information content (AvgIpc) is 2.96. The molecule has 1 amide bonds.